The van der Waals surface area contributed by atoms with Gasteiger partial charge >= 0.3 is 11.7 Å². The number of benzene rings is 1. The van der Waals surface area contributed by atoms with Crippen LogP contribution >= 0.6 is 11.3 Å². The highest BCUT2D eigenvalue weighted by atomic mass is 32.1. The molecule has 0 radical (unpaired) electrons. The maximum absolute atomic E-state index is 11.0. The molecule has 0 aliphatic heterocycles. The number of thiophene rings is 1. The van der Waals surface area contributed by atoms with Crippen LogP contribution in [0.15, 0.2) is 41.8 Å². The smallest absolute Gasteiger partial charge is 0.328 e. The number of ether oxygens (including phenoxy) is 1. The van der Waals surface area contributed by atoms with Crippen molar-refractivity contribution in [2.24, 2.45) is 0 Å². The van der Waals surface area contributed by atoms with E-state index in [0.717, 1.165) is 11.0 Å². The third-order valence-electron chi connectivity index (χ3n) is 2.55. The predicted molar refractivity (Wildman–Crippen MR) is 78.4 cm³/mol. The van der Waals surface area contributed by atoms with Crippen LogP contribution in [-0.4, -0.2) is 16.0 Å². The second kappa shape index (κ2) is 6.67. The van der Waals surface area contributed by atoms with E-state index in [2.05, 4.69) is 0 Å². The summed E-state index contributed by atoms with van der Waals surface area (Å²) < 4.78 is 5.48. The highest BCUT2D eigenvalue weighted by Gasteiger charge is 2.15. The molecule has 0 amide bonds. The van der Waals surface area contributed by atoms with Gasteiger partial charge in [0.25, 0.3) is 0 Å². The lowest BCUT2D eigenvalue weighted by atomic mass is 10.1. The quantitative estimate of drug-likeness (QED) is 0.502. The SMILES string of the molecule is O=C(O)C=Cc1ccc([N+](=O)[O-])c(OCc2cccs2)c1. The van der Waals surface area contributed by atoms with Crippen LogP contribution < -0.4 is 4.74 Å². The molecule has 6 nitrogen and oxygen atoms in total. The first-order valence-electron chi connectivity index (χ1n) is 5.91. The first-order valence-corrected chi connectivity index (χ1v) is 6.79. The number of hydrogen-bond acceptors (Lipinski definition) is 5. The van der Waals surface area contributed by atoms with Crippen LogP contribution in [0.4, 0.5) is 5.69 Å². The predicted octanol–water partition coefficient (Wildman–Crippen LogP) is 3.33. The molecule has 0 unspecified atom stereocenters. The Balaban J connectivity index is 2.24. The van der Waals surface area contributed by atoms with Gasteiger partial charge in [0.15, 0.2) is 5.75 Å². The van der Waals surface area contributed by atoms with Gasteiger partial charge in [0.2, 0.25) is 0 Å². The third-order valence-corrected chi connectivity index (χ3v) is 3.40. The van der Waals surface area contributed by atoms with Crippen molar-refractivity contribution < 1.29 is 19.6 Å². The van der Waals surface area contributed by atoms with Crippen molar-refractivity contribution in [2.75, 3.05) is 0 Å². The summed E-state index contributed by atoms with van der Waals surface area (Å²) in [5.74, 6) is -0.977. The fraction of sp³-hybridized carbons (Fsp3) is 0.0714. The zero-order valence-electron chi connectivity index (χ0n) is 10.8. The molecule has 0 saturated heterocycles. The van der Waals surface area contributed by atoms with Gasteiger partial charge in [0.05, 0.1) is 4.92 Å². The van der Waals surface area contributed by atoms with E-state index in [-0.39, 0.29) is 18.0 Å². The van der Waals surface area contributed by atoms with Crippen LogP contribution in [0.25, 0.3) is 6.08 Å². The topological polar surface area (TPSA) is 89.7 Å². The number of hydrogen-bond donors (Lipinski definition) is 1. The Morgan fingerprint density at radius 3 is 2.86 bits per heavy atom. The molecular weight excluding hydrogens is 294 g/mol. The zero-order valence-corrected chi connectivity index (χ0v) is 11.6. The Morgan fingerprint density at radius 2 is 2.24 bits per heavy atom. The Morgan fingerprint density at radius 1 is 1.43 bits per heavy atom. The monoisotopic (exact) mass is 305 g/mol. The molecular formula is C14H11NO5S. The van der Waals surface area contributed by atoms with Crippen LogP contribution in [0.1, 0.15) is 10.4 Å². The highest BCUT2D eigenvalue weighted by Crippen LogP contribution is 2.29. The van der Waals surface area contributed by atoms with Crippen LogP contribution in [-0.2, 0) is 11.4 Å². The average molecular weight is 305 g/mol. The molecule has 0 aliphatic carbocycles. The van der Waals surface area contributed by atoms with E-state index in [1.807, 2.05) is 17.5 Å². The average Bonchev–Trinajstić information content (AvgIpc) is 2.96. The molecule has 0 saturated carbocycles. The molecule has 1 heterocycles. The Hall–Kier alpha value is -2.67. The van der Waals surface area contributed by atoms with Crippen LogP contribution in [0.3, 0.4) is 0 Å². The van der Waals surface area contributed by atoms with Crippen molar-refractivity contribution in [3.63, 3.8) is 0 Å². The van der Waals surface area contributed by atoms with Crippen molar-refractivity contribution in [3.8, 4) is 5.75 Å². The zero-order chi connectivity index (χ0) is 15.2. The Kier molecular flexibility index (Phi) is 4.68. The van der Waals surface area contributed by atoms with Gasteiger partial charge in [-0.25, -0.2) is 4.79 Å². The third kappa shape index (κ3) is 4.15. The number of carboxylic acid groups (broad SMARTS) is 1. The minimum atomic E-state index is -1.09. The molecule has 21 heavy (non-hydrogen) atoms. The van der Waals surface area contributed by atoms with Crippen LogP contribution in [0.2, 0.25) is 0 Å². The number of rotatable bonds is 6. The molecule has 1 aromatic heterocycles. The number of carbonyl (C=O) groups is 1. The summed E-state index contributed by atoms with van der Waals surface area (Å²) in [4.78, 5) is 21.9. The molecule has 0 aliphatic rings. The lowest BCUT2D eigenvalue weighted by Crippen LogP contribution is -1.98. The summed E-state index contributed by atoms with van der Waals surface area (Å²) in [6, 6.07) is 7.94. The van der Waals surface area contributed by atoms with E-state index in [1.165, 1.54) is 35.6 Å². The first-order chi connectivity index (χ1) is 10.1. The maximum Gasteiger partial charge on any atom is 0.328 e. The normalized spacial score (nSPS) is 10.7. The summed E-state index contributed by atoms with van der Waals surface area (Å²) >= 11 is 1.49. The number of nitrogens with zero attached hydrogens (tertiary/aromatic N) is 1. The van der Waals surface area contributed by atoms with Crippen molar-refractivity contribution in [1.29, 1.82) is 0 Å². The van der Waals surface area contributed by atoms with Gasteiger partial charge in [0.1, 0.15) is 6.61 Å². The van der Waals surface area contributed by atoms with E-state index >= 15 is 0 Å². The highest BCUT2D eigenvalue weighted by molar-refractivity contribution is 7.09. The van der Waals surface area contributed by atoms with Gasteiger partial charge < -0.3 is 9.84 Å². The Bertz CT molecular complexity index is 679. The van der Waals surface area contributed by atoms with E-state index in [9.17, 15) is 14.9 Å². The maximum atomic E-state index is 11.0. The van der Waals surface area contributed by atoms with Crippen molar-refractivity contribution >= 4 is 29.1 Å². The summed E-state index contributed by atoms with van der Waals surface area (Å²) in [7, 11) is 0. The van der Waals surface area contributed by atoms with Gasteiger partial charge in [-0.3, -0.25) is 10.1 Å². The lowest BCUT2D eigenvalue weighted by Gasteiger charge is -2.06. The largest absolute Gasteiger partial charge is 0.481 e. The summed E-state index contributed by atoms with van der Waals surface area (Å²) in [6.45, 7) is 0.227. The number of aliphatic carboxylic acids is 1. The number of nitro benzene ring substituents is 1. The lowest BCUT2D eigenvalue weighted by molar-refractivity contribution is -0.385. The minimum Gasteiger partial charge on any atom is -0.481 e. The minimum absolute atomic E-state index is 0.112. The molecule has 7 heteroatoms. The second-order valence-corrected chi connectivity index (χ2v) is 5.06. The summed E-state index contributed by atoms with van der Waals surface area (Å²) in [5.41, 5.74) is 0.364. The van der Waals surface area contributed by atoms with Gasteiger partial charge in [-0.2, -0.15) is 0 Å². The molecule has 2 aromatic rings. The van der Waals surface area contributed by atoms with Crippen molar-refractivity contribution in [2.45, 2.75) is 6.61 Å². The fourth-order valence-electron chi connectivity index (χ4n) is 1.61. The number of nitro groups is 1. The van der Waals surface area contributed by atoms with Gasteiger partial charge in [-0.15, -0.1) is 11.3 Å². The molecule has 0 spiro atoms. The van der Waals surface area contributed by atoms with Gasteiger partial charge in [-0.1, -0.05) is 6.07 Å². The van der Waals surface area contributed by atoms with Gasteiger partial charge in [-0.05, 0) is 35.2 Å². The first kappa shape index (κ1) is 14.7. The molecule has 0 atom stereocenters. The molecule has 1 aromatic carbocycles. The van der Waals surface area contributed by atoms with Crippen LogP contribution in [0, 0.1) is 10.1 Å². The standard InChI is InChI=1S/C14H11NO5S/c16-14(17)6-4-10-3-5-12(15(18)19)13(8-10)20-9-11-2-1-7-21-11/h1-8H,9H2,(H,16,17). The molecule has 0 bridgehead atoms. The number of carboxylic acids is 1. The molecule has 108 valence electrons. The molecule has 2 rings (SSSR count). The fourth-order valence-corrected chi connectivity index (χ4v) is 2.23. The van der Waals surface area contributed by atoms with Crippen LogP contribution in [0.5, 0.6) is 5.75 Å². The van der Waals surface area contributed by atoms with Gasteiger partial charge in [0, 0.05) is 17.0 Å². The van der Waals surface area contributed by atoms with E-state index in [4.69, 9.17) is 9.84 Å². The van der Waals surface area contributed by atoms with Crippen molar-refractivity contribution in [1.82, 2.24) is 0 Å². The second-order valence-electron chi connectivity index (χ2n) is 4.02. The molecule has 0 fully saturated rings. The summed E-state index contributed by atoms with van der Waals surface area (Å²) in [6.07, 6.45) is 2.31. The van der Waals surface area contributed by atoms with E-state index < -0.39 is 10.9 Å². The van der Waals surface area contributed by atoms with Crippen molar-refractivity contribution in [3.05, 3.63) is 62.3 Å². The molecule has 1 N–H and O–H groups in total. The Labute approximate surface area is 124 Å². The van der Waals surface area contributed by atoms with E-state index in [0.29, 0.717) is 5.56 Å². The summed E-state index contributed by atoms with van der Waals surface area (Å²) in [5, 5.41) is 21.5. The van der Waals surface area contributed by atoms with E-state index in [1.54, 1.807) is 0 Å².